The van der Waals surface area contributed by atoms with Gasteiger partial charge in [-0.2, -0.15) is 0 Å². The van der Waals surface area contributed by atoms with Gasteiger partial charge in [-0.3, -0.25) is 0 Å². The second kappa shape index (κ2) is 5.36. The fourth-order valence-electron chi connectivity index (χ4n) is 2.44. The van der Waals surface area contributed by atoms with E-state index in [2.05, 4.69) is 18.3 Å². The molecule has 84 valence electrons. The Morgan fingerprint density at radius 3 is 2.80 bits per heavy atom. The minimum Gasteiger partial charge on any atom is -0.468 e. The summed E-state index contributed by atoms with van der Waals surface area (Å²) in [5.41, 5.74) is 0. The molecule has 1 unspecified atom stereocenters. The molecule has 1 aliphatic rings. The van der Waals surface area contributed by atoms with E-state index < -0.39 is 0 Å². The molecular weight excluding hydrogens is 186 g/mol. The van der Waals surface area contributed by atoms with Crippen molar-refractivity contribution in [2.75, 3.05) is 0 Å². The number of hydrogen-bond donors (Lipinski definition) is 1. The fraction of sp³-hybridized carbons (Fsp3) is 0.692. The van der Waals surface area contributed by atoms with Crippen LogP contribution >= 0.6 is 0 Å². The van der Waals surface area contributed by atoms with Crippen LogP contribution in [-0.4, -0.2) is 6.04 Å². The third kappa shape index (κ3) is 2.85. The molecule has 0 spiro atoms. The van der Waals surface area contributed by atoms with Crippen molar-refractivity contribution < 1.29 is 4.42 Å². The van der Waals surface area contributed by atoms with Crippen LogP contribution in [0.15, 0.2) is 22.8 Å². The number of nitrogens with one attached hydrogen (secondary N) is 1. The maximum absolute atomic E-state index is 5.47. The van der Waals surface area contributed by atoms with Crippen molar-refractivity contribution in [1.82, 2.24) is 5.32 Å². The highest BCUT2D eigenvalue weighted by Gasteiger charge is 2.19. The quantitative estimate of drug-likeness (QED) is 0.815. The molecule has 0 aromatic carbocycles. The van der Waals surface area contributed by atoms with Crippen LogP contribution in [0.25, 0.3) is 0 Å². The minimum absolute atomic E-state index is 0.406. The number of rotatable bonds is 4. The summed E-state index contributed by atoms with van der Waals surface area (Å²) >= 11 is 0. The highest BCUT2D eigenvalue weighted by Crippen LogP contribution is 2.23. The van der Waals surface area contributed by atoms with Gasteiger partial charge in [0.25, 0.3) is 0 Å². The largest absolute Gasteiger partial charge is 0.468 e. The molecular formula is C13H21NO. The van der Waals surface area contributed by atoms with Gasteiger partial charge in [0, 0.05) is 6.04 Å². The molecule has 2 rings (SSSR count). The molecule has 15 heavy (non-hydrogen) atoms. The Balaban J connectivity index is 1.90. The maximum Gasteiger partial charge on any atom is 0.120 e. The summed E-state index contributed by atoms with van der Waals surface area (Å²) in [6.45, 7) is 2.21. The molecule has 0 amide bonds. The van der Waals surface area contributed by atoms with Crippen LogP contribution in [0.1, 0.15) is 57.3 Å². The Bertz CT molecular complexity index is 262. The van der Waals surface area contributed by atoms with Crippen molar-refractivity contribution in [3.8, 4) is 0 Å². The lowest BCUT2D eigenvalue weighted by molar-refractivity contribution is 0.308. The van der Waals surface area contributed by atoms with Gasteiger partial charge in [0.2, 0.25) is 0 Å². The van der Waals surface area contributed by atoms with Crippen molar-refractivity contribution in [2.24, 2.45) is 0 Å². The molecule has 1 N–H and O–H groups in total. The zero-order valence-electron chi connectivity index (χ0n) is 9.54. The van der Waals surface area contributed by atoms with Gasteiger partial charge in [-0.1, -0.05) is 26.2 Å². The first-order valence-corrected chi connectivity index (χ1v) is 6.19. The number of hydrogen-bond acceptors (Lipinski definition) is 2. The van der Waals surface area contributed by atoms with Crippen molar-refractivity contribution in [2.45, 2.75) is 57.5 Å². The summed E-state index contributed by atoms with van der Waals surface area (Å²) in [5, 5.41) is 3.71. The monoisotopic (exact) mass is 207 g/mol. The summed E-state index contributed by atoms with van der Waals surface area (Å²) in [6, 6.07) is 5.15. The molecule has 1 atom stereocenters. The van der Waals surface area contributed by atoms with Gasteiger partial charge in [0.1, 0.15) is 5.76 Å². The summed E-state index contributed by atoms with van der Waals surface area (Å²) in [5.74, 6) is 1.09. The van der Waals surface area contributed by atoms with Crippen LogP contribution in [0.2, 0.25) is 0 Å². The van der Waals surface area contributed by atoms with Gasteiger partial charge in [-0.15, -0.1) is 0 Å². The van der Waals surface area contributed by atoms with Crippen molar-refractivity contribution in [3.05, 3.63) is 24.2 Å². The van der Waals surface area contributed by atoms with E-state index in [1.807, 2.05) is 6.07 Å². The topological polar surface area (TPSA) is 25.2 Å². The van der Waals surface area contributed by atoms with Crippen molar-refractivity contribution >= 4 is 0 Å². The van der Waals surface area contributed by atoms with E-state index in [9.17, 15) is 0 Å². The Hall–Kier alpha value is -0.760. The third-order valence-corrected chi connectivity index (χ3v) is 3.34. The molecule has 2 nitrogen and oxygen atoms in total. The molecule has 0 bridgehead atoms. The highest BCUT2D eigenvalue weighted by molar-refractivity contribution is 5.04. The third-order valence-electron chi connectivity index (χ3n) is 3.34. The van der Waals surface area contributed by atoms with E-state index in [1.54, 1.807) is 6.26 Å². The summed E-state index contributed by atoms with van der Waals surface area (Å²) in [4.78, 5) is 0. The molecule has 1 aromatic heterocycles. The molecule has 2 heteroatoms. The molecule has 1 saturated carbocycles. The Kier molecular flexibility index (Phi) is 3.84. The van der Waals surface area contributed by atoms with Crippen molar-refractivity contribution in [1.29, 1.82) is 0 Å². The Morgan fingerprint density at radius 1 is 1.40 bits per heavy atom. The Morgan fingerprint density at radius 2 is 2.20 bits per heavy atom. The first-order chi connectivity index (χ1) is 7.40. The summed E-state index contributed by atoms with van der Waals surface area (Å²) < 4.78 is 5.47. The van der Waals surface area contributed by atoms with E-state index in [0.717, 1.165) is 12.2 Å². The van der Waals surface area contributed by atoms with Gasteiger partial charge < -0.3 is 9.73 Å². The van der Waals surface area contributed by atoms with Gasteiger partial charge in [-0.05, 0) is 31.4 Å². The predicted octanol–water partition coefficient (Wildman–Crippen LogP) is 3.65. The van der Waals surface area contributed by atoms with Crippen LogP contribution in [0, 0.1) is 0 Å². The predicted molar refractivity (Wildman–Crippen MR) is 61.7 cm³/mol. The lowest BCUT2D eigenvalue weighted by Crippen LogP contribution is -2.34. The first-order valence-electron chi connectivity index (χ1n) is 6.19. The fourth-order valence-corrected chi connectivity index (χ4v) is 2.44. The van der Waals surface area contributed by atoms with Crippen molar-refractivity contribution in [3.63, 3.8) is 0 Å². The lowest BCUT2D eigenvalue weighted by atomic mass is 9.94. The molecule has 1 heterocycles. The van der Waals surface area contributed by atoms with E-state index in [0.29, 0.717) is 12.1 Å². The maximum atomic E-state index is 5.47. The van der Waals surface area contributed by atoms with Gasteiger partial charge in [0.05, 0.1) is 12.3 Å². The van der Waals surface area contributed by atoms with Crippen LogP contribution < -0.4 is 5.32 Å². The lowest BCUT2D eigenvalue weighted by Gasteiger charge is -2.27. The molecule has 0 saturated heterocycles. The normalized spacial score (nSPS) is 20.3. The summed E-state index contributed by atoms with van der Waals surface area (Å²) in [6.07, 6.45) is 9.70. The summed E-state index contributed by atoms with van der Waals surface area (Å²) in [7, 11) is 0. The number of furan rings is 1. The average Bonchev–Trinajstić information content (AvgIpc) is 2.81. The molecule has 1 aromatic rings. The highest BCUT2D eigenvalue weighted by atomic mass is 16.3. The SMILES string of the molecule is CCC(NC1CCCCC1)c1ccco1. The van der Waals surface area contributed by atoms with E-state index in [-0.39, 0.29) is 0 Å². The molecule has 1 aliphatic carbocycles. The zero-order chi connectivity index (χ0) is 10.5. The molecule has 0 aliphatic heterocycles. The molecule has 1 fully saturated rings. The van der Waals surface area contributed by atoms with Crippen LogP contribution in [0.5, 0.6) is 0 Å². The average molecular weight is 207 g/mol. The van der Waals surface area contributed by atoms with Crippen LogP contribution in [0.4, 0.5) is 0 Å². The standard InChI is InChI=1S/C13H21NO/c1-2-12(13-9-6-10-15-13)14-11-7-4-3-5-8-11/h6,9-12,14H,2-5,7-8H2,1H3. The van der Waals surface area contributed by atoms with Crippen LogP contribution in [0.3, 0.4) is 0 Å². The zero-order valence-corrected chi connectivity index (χ0v) is 9.54. The molecule has 0 radical (unpaired) electrons. The van der Waals surface area contributed by atoms with Gasteiger partial charge >= 0.3 is 0 Å². The van der Waals surface area contributed by atoms with E-state index in [4.69, 9.17) is 4.42 Å². The Labute approximate surface area is 92.1 Å². The second-order valence-electron chi connectivity index (χ2n) is 4.48. The minimum atomic E-state index is 0.406. The van der Waals surface area contributed by atoms with E-state index >= 15 is 0 Å². The van der Waals surface area contributed by atoms with Gasteiger partial charge in [-0.25, -0.2) is 0 Å². The smallest absolute Gasteiger partial charge is 0.120 e. The first kappa shape index (κ1) is 10.7. The van der Waals surface area contributed by atoms with E-state index in [1.165, 1.54) is 32.1 Å². The second-order valence-corrected chi connectivity index (χ2v) is 4.48. The van der Waals surface area contributed by atoms with Crippen LogP contribution in [-0.2, 0) is 0 Å². The van der Waals surface area contributed by atoms with Gasteiger partial charge in [0.15, 0.2) is 0 Å².